The quantitative estimate of drug-likeness (QED) is 0.199. The molecular formula is C34H26FN3O6S2. The first-order valence-electron chi connectivity index (χ1n) is 14.5. The highest BCUT2D eigenvalue weighted by Gasteiger charge is 2.56. The van der Waals surface area contributed by atoms with Crippen molar-refractivity contribution < 1.29 is 28.2 Å². The molecule has 2 N–H and O–H groups in total. The number of rotatable bonds is 8. The monoisotopic (exact) mass is 655 g/mol. The van der Waals surface area contributed by atoms with Gasteiger partial charge in [0.2, 0.25) is 11.8 Å². The van der Waals surface area contributed by atoms with Gasteiger partial charge in [-0.15, -0.1) is 0 Å². The summed E-state index contributed by atoms with van der Waals surface area (Å²) < 4.78 is 25.4. The number of nitrogens with one attached hydrogen (secondary N) is 2. The summed E-state index contributed by atoms with van der Waals surface area (Å²) in [5.41, 5.74) is 1.57. The molecule has 4 aromatic carbocycles. The maximum Gasteiger partial charge on any atom is 0.305 e. The van der Waals surface area contributed by atoms with Gasteiger partial charge in [0.05, 0.1) is 23.2 Å². The molecule has 46 heavy (non-hydrogen) atoms. The van der Waals surface area contributed by atoms with Crippen LogP contribution in [-0.2, 0) is 14.4 Å². The van der Waals surface area contributed by atoms with Gasteiger partial charge >= 0.3 is 4.87 Å². The summed E-state index contributed by atoms with van der Waals surface area (Å²) in [5, 5.41) is 4.65. The van der Waals surface area contributed by atoms with E-state index in [1.807, 2.05) is 49.4 Å². The number of aromatic nitrogens is 1. The molecule has 2 unspecified atom stereocenters. The molecule has 0 spiro atoms. The molecule has 3 atom stereocenters. The molecule has 5 aromatic rings. The largest absolute Gasteiger partial charge is 0.490 e. The molecule has 3 amide bonds. The predicted octanol–water partition coefficient (Wildman–Crippen LogP) is 5.94. The van der Waals surface area contributed by atoms with Gasteiger partial charge in [-0.3, -0.25) is 19.2 Å². The lowest BCUT2D eigenvalue weighted by molar-refractivity contribution is -0.122. The zero-order chi connectivity index (χ0) is 31.9. The fraction of sp³-hybridized carbons (Fsp3) is 0.176. The van der Waals surface area contributed by atoms with Crippen LogP contribution in [0.15, 0.2) is 94.7 Å². The van der Waals surface area contributed by atoms with E-state index in [-0.39, 0.29) is 23.1 Å². The van der Waals surface area contributed by atoms with Crippen molar-refractivity contribution in [2.24, 2.45) is 5.92 Å². The van der Waals surface area contributed by atoms with Gasteiger partial charge in [-0.05, 0) is 71.8 Å². The predicted molar refractivity (Wildman–Crippen MR) is 174 cm³/mol. The minimum atomic E-state index is -0.824. The standard InChI is InChI=1S/C34H26FN3O6S2/c1-2-43-25-16-20(8-14-24(25)44-17-26(39)36-22-11-7-18-5-3-4-6-19(18)15-22)27-28-30(45-31-29(27)46-34(42)37-31)33(41)38(32(28)40)23-12-9-21(35)10-13-23/h3-16,27-28,30H,2,17H2,1H3,(H,36,39)(H,37,42)/t27-,28?,30?/m1/s1. The minimum Gasteiger partial charge on any atom is -0.490 e. The Morgan fingerprint density at radius 1 is 0.913 bits per heavy atom. The average Bonchev–Trinajstić information content (AvgIpc) is 3.54. The van der Waals surface area contributed by atoms with Gasteiger partial charge in [0, 0.05) is 16.5 Å². The number of carbonyl (C=O) groups is 3. The number of H-pyrrole nitrogens is 1. The summed E-state index contributed by atoms with van der Waals surface area (Å²) in [6, 6.07) is 23.8. The van der Waals surface area contributed by atoms with Crippen molar-refractivity contribution in [2.75, 3.05) is 23.4 Å². The summed E-state index contributed by atoms with van der Waals surface area (Å²) in [6.45, 7) is 1.83. The fourth-order valence-electron chi connectivity index (χ4n) is 5.93. The smallest absolute Gasteiger partial charge is 0.305 e. The second-order valence-corrected chi connectivity index (χ2v) is 12.9. The molecule has 0 radical (unpaired) electrons. The average molecular weight is 656 g/mol. The van der Waals surface area contributed by atoms with Crippen molar-refractivity contribution in [3.63, 3.8) is 0 Å². The fourth-order valence-corrected chi connectivity index (χ4v) is 8.45. The van der Waals surface area contributed by atoms with Gasteiger partial charge < -0.3 is 19.8 Å². The first kappa shape index (κ1) is 29.8. The van der Waals surface area contributed by atoms with E-state index in [1.165, 1.54) is 24.3 Å². The van der Waals surface area contributed by atoms with Gasteiger partial charge in [0.25, 0.3) is 5.91 Å². The Morgan fingerprint density at radius 2 is 1.70 bits per heavy atom. The molecule has 0 saturated carbocycles. The van der Waals surface area contributed by atoms with Crippen molar-refractivity contribution >= 4 is 63.0 Å². The van der Waals surface area contributed by atoms with Crippen molar-refractivity contribution in [1.82, 2.24) is 4.98 Å². The van der Waals surface area contributed by atoms with Crippen LogP contribution in [0.25, 0.3) is 10.8 Å². The van der Waals surface area contributed by atoms with E-state index in [4.69, 9.17) is 9.47 Å². The van der Waals surface area contributed by atoms with Crippen LogP contribution in [0.1, 0.15) is 23.3 Å². The zero-order valence-electron chi connectivity index (χ0n) is 24.3. The third-order valence-electron chi connectivity index (χ3n) is 7.93. The SMILES string of the molecule is CCOc1cc([C@H]2c3sc(=O)[nH]c3SC3C(=O)N(c4ccc(F)cc4)C(=O)C32)ccc1OCC(=O)Nc1ccc2ccccc2c1. The van der Waals surface area contributed by atoms with Crippen LogP contribution in [0.2, 0.25) is 0 Å². The third-order valence-corrected chi connectivity index (χ3v) is 10.3. The van der Waals surface area contributed by atoms with Crippen molar-refractivity contribution in [2.45, 2.75) is 23.1 Å². The van der Waals surface area contributed by atoms with E-state index < -0.39 is 34.7 Å². The summed E-state index contributed by atoms with van der Waals surface area (Å²) in [7, 11) is 0. The van der Waals surface area contributed by atoms with Crippen LogP contribution in [0, 0.1) is 11.7 Å². The zero-order valence-corrected chi connectivity index (χ0v) is 26.0. The van der Waals surface area contributed by atoms with E-state index in [1.54, 1.807) is 18.2 Å². The van der Waals surface area contributed by atoms with Gasteiger partial charge in [-0.1, -0.05) is 59.5 Å². The van der Waals surface area contributed by atoms with Crippen molar-refractivity contribution in [3.8, 4) is 11.5 Å². The lowest BCUT2D eigenvalue weighted by Gasteiger charge is -2.30. The topological polar surface area (TPSA) is 118 Å². The molecule has 7 rings (SSSR count). The number of thioether (sulfide) groups is 1. The van der Waals surface area contributed by atoms with Crippen LogP contribution < -0.4 is 24.6 Å². The molecule has 12 heteroatoms. The summed E-state index contributed by atoms with van der Waals surface area (Å²) >= 11 is 2.15. The number of anilines is 2. The minimum absolute atomic E-state index is 0.278. The molecular weight excluding hydrogens is 630 g/mol. The number of carbonyl (C=O) groups excluding carboxylic acids is 3. The molecule has 0 bridgehead atoms. The Kier molecular flexibility index (Phi) is 7.83. The normalized spacial score (nSPS) is 18.7. The van der Waals surface area contributed by atoms with Crippen LogP contribution in [0.3, 0.4) is 0 Å². The lowest BCUT2D eigenvalue weighted by atomic mass is 9.83. The van der Waals surface area contributed by atoms with Gasteiger partial charge in [-0.25, -0.2) is 9.29 Å². The number of hydrogen-bond donors (Lipinski definition) is 2. The number of fused-ring (bicyclic) bond motifs is 3. The molecule has 3 heterocycles. The van der Waals surface area contributed by atoms with E-state index in [9.17, 15) is 23.6 Å². The Morgan fingerprint density at radius 3 is 2.48 bits per heavy atom. The van der Waals surface area contributed by atoms with E-state index in [2.05, 4.69) is 10.3 Å². The van der Waals surface area contributed by atoms with E-state index >= 15 is 0 Å². The number of hydrogen-bond acceptors (Lipinski definition) is 8. The van der Waals surface area contributed by atoms with Crippen LogP contribution in [-0.4, -0.2) is 41.2 Å². The number of imide groups is 1. The lowest BCUT2D eigenvalue weighted by Crippen LogP contribution is -2.32. The van der Waals surface area contributed by atoms with Gasteiger partial charge in [0.1, 0.15) is 11.1 Å². The van der Waals surface area contributed by atoms with Crippen LogP contribution in [0.4, 0.5) is 15.8 Å². The van der Waals surface area contributed by atoms with Crippen molar-refractivity contribution in [1.29, 1.82) is 0 Å². The molecule has 0 aliphatic carbocycles. The molecule has 232 valence electrons. The first-order valence-corrected chi connectivity index (χ1v) is 16.2. The highest BCUT2D eigenvalue weighted by Crippen LogP contribution is 2.53. The highest BCUT2D eigenvalue weighted by molar-refractivity contribution is 8.00. The second-order valence-electron chi connectivity index (χ2n) is 10.8. The Hall–Kier alpha value is -4.94. The van der Waals surface area contributed by atoms with Crippen LogP contribution in [0.5, 0.6) is 11.5 Å². The second kappa shape index (κ2) is 12.1. The van der Waals surface area contributed by atoms with Crippen LogP contribution >= 0.6 is 23.1 Å². The number of halogens is 1. The summed E-state index contributed by atoms with van der Waals surface area (Å²) in [6.07, 6.45) is 0. The Labute approximate surface area is 270 Å². The van der Waals surface area contributed by atoms with Gasteiger partial charge in [-0.2, -0.15) is 0 Å². The Bertz CT molecular complexity index is 2060. The molecule has 2 aliphatic heterocycles. The maximum atomic E-state index is 13.9. The van der Waals surface area contributed by atoms with E-state index in [0.29, 0.717) is 39.3 Å². The Balaban J connectivity index is 1.16. The molecule has 9 nitrogen and oxygen atoms in total. The van der Waals surface area contributed by atoms with Crippen molar-refractivity contribution in [3.05, 3.63) is 111 Å². The third kappa shape index (κ3) is 5.43. The maximum absolute atomic E-state index is 13.9. The summed E-state index contributed by atoms with van der Waals surface area (Å²) in [5.74, 6) is -2.50. The molecule has 1 saturated heterocycles. The number of ether oxygens (including phenoxy) is 2. The highest BCUT2D eigenvalue weighted by atomic mass is 32.2. The summed E-state index contributed by atoms with van der Waals surface area (Å²) in [4.78, 5) is 57.1. The number of nitrogens with zero attached hydrogens (tertiary/aromatic N) is 1. The molecule has 1 aromatic heterocycles. The molecule has 2 aliphatic rings. The van der Waals surface area contributed by atoms with Gasteiger partial charge in [0.15, 0.2) is 18.1 Å². The first-order chi connectivity index (χ1) is 22.3. The number of thiazole rings is 1. The number of aromatic amines is 1. The van der Waals surface area contributed by atoms with E-state index in [0.717, 1.165) is 38.8 Å². The molecule has 1 fully saturated rings. The number of benzene rings is 4. The number of amides is 3.